The number of carbonyl (C=O) groups excluding carboxylic acids is 1. The highest BCUT2D eigenvalue weighted by molar-refractivity contribution is 6.00. The molecule has 0 spiro atoms. The maximum Gasteiger partial charge on any atom is 0.170 e. The monoisotopic (exact) mass is 282 g/mol. The molecule has 1 aliphatic carbocycles. The lowest BCUT2D eigenvalue weighted by Crippen LogP contribution is -2.20. The lowest BCUT2D eigenvalue weighted by Gasteiger charge is -2.25. The van der Waals surface area contributed by atoms with Crippen LogP contribution in [-0.4, -0.2) is 5.78 Å². The van der Waals surface area contributed by atoms with Crippen molar-refractivity contribution in [3.63, 3.8) is 0 Å². The van der Waals surface area contributed by atoms with Gasteiger partial charge in [-0.25, -0.2) is 4.39 Å². The van der Waals surface area contributed by atoms with Gasteiger partial charge in [0.15, 0.2) is 5.78 Å². The van der Waals surface area contributed by atoms with Gasteiger partial charge in [-0.3, -0.25) is 4.79 Å². The molecule has 2 aliphatic rings. The average molecular weight is 282 g/mol. The van der Waals surface area contributed by atoms with Crippen LogP contribution >= 0.6 is 0 Å². The maximum absolute atomic E-state index is 13.2. The van der Waals surface area contributed by atoms with Gasteiger partial charge in [0, 0.05) is 0 Å². The fourth-order valence-electron chi connectivity index (χ4n) is 2.91. The number of benzene rings is 2. The van der Waals surface area contributed by atoms with Crippen LogP contribution in [0.1, 0.15) is 52.8 Å². The number of Topliss-reactive ketones (excluding diaryl/α,β-unsaturated/α-hetero) is 1. The molecule has 21 heavy (non-hydrogen) atoms. The van der Waals surface area contributed by atoms with Gasteiger partial charge < -0.3 is 4.74 Å². The Balaban J connectivity index is 1.67. The molecule has 0 bridgehead atoms. The first-order valence-corrected chi connectivity index (χ1v) is 7.30. The number of ether oxygens (including phenoxy) is 1. The second-order valence-electron chi connectivity index (χ2n) is 5.82. The van der Waals surface area contributed by atoms with Crippen LogP contribution in [0.2, 0.25) is 0 Å². The molecule has 0 amide bonds. The number of rotatable bonds is 2. The number of hydrogen-bond acceptors (Lipinski definition) is 2. The zero-order valence-electron chi connectivity index (χ0n) is 11.5. The topological polar surface area (TPSA) is 26.3 Å². The fraction of sp³-hybridized carbons (Fsp3) is 0.278. The minimum Gasteiger partial charge on any atom is -0.484 e. The summed E-state index contributed by atoms with van der Waals surface area (Å²) in [6.45, 7) is 0. The third-order valence-electron chi connectivity index (χ3n) is 4.21. The van der Waals surface area contributed by atoms with Crippen molar-refractivity contribution >= 4 is 5.78 Å². The van der Waals surface area contributed by atoms with Gasteiger partial charge in [-0.05, 0) is 48.1 Å². The zero-order chi connectivity index (χ0) is 14.4. The summed E-state index contributed by atoms with van der Waals surface area (Å²) in [5, 5.41) is 0. The maximum atomic E-state index is 13.2. The lowest BCUT2D eigenvalue weighted by atomic mass is 9.94. The average Bonchev–Trinajstić information content (AvgIpc) is 3.33. The van der Waals surface area contributed by atoms with E-state index in [0.717, 1.165) is 5.56 Å². The molecule has 1 fully saturated rings. The van der Waals surface area contributed by atoms with Crippen molar-refractivity contribution in [1.82, 2.24) is 0 Å². The highest BCUT2D eigenvalue weighted by atomic mass is 19.1. The molecule has 3 heteroatoms. The normalized spacial score (nSPS) is 20.8. The largest absolute Gasteiger partial charge is 0.484 e. The smallest absolute Gasteiger partial charge is 0.170 e. The number of ketones is 1. The molecule has 2 aromatic rings. The Kier molecular flexibility index (Phi) is 2.81. The van der Waals surface area contributed by atoms with Gasteiger partial charge in [0.25, 0.3) is 0 Å². The molecule has 0 aromatic heterocycles. The molecule has 0 N–H and O–H groups in total. The molecule has 2 nitrogen and oxygen atoms in total. The highest BCUT2D eigenvalue weighted by Crippen LogP contribution is 2.42. The van der Waals surface area contributed by atoms with E-state index < -0.39 is 5.82 Å². The SMILES string of the molecule is O=C1CC(c2cccc(C3CC3)c2)Oc2ccc(F)cc21. The van der Waals surface area contributed by atoms with Gasteiger partial charge >= 0.3 is 0 Å². The summed E-state index contributed by atoms with van der Waals surface area (Å²) in [5.74, 6) is 0.692. The predicted octanol–water partition coefficient (Wildman–Crippen LogP) is 4.41. The quantitative estimate of drug-likeness (QED) is 0.815. The molecular weight excluding hydrogens is 267 g/mol. The van der Waals surface area contributed by atoms with Gasteiger partial charge in [0.1, 0.15) is 17.7 Å². The van der Waals surface area contributed by atoms with E-state index in [1.807, 2.05) is 12.1 Å². The second-order valence-corrected chi connectivity index (χ2v) is 5.82. The molecule has 1 atom stereocenters. The summed E-state index contributed by atoms with van der Waals surface area (Å²) >= 11 is 0. The second kappa shape index (κ2) is 4.69. The van der Waals surface area contributed by atoms with Gasteiger partial charge in [-0.1, -0.05) is 24.3 Å². The Morgan fingerprint density at radius 3 is 2.67 bits per heavy atom. The molecule has 106 valence electrons. The summed E-state index contributed by atoms with van der Waals surface area (Å²) in [7, 11) is 0. The van der Waals surface area contributed by atoms with Crippen molar-refractivity contribution in [2.45, 2.75) is 31.3 Å². The van der Waals surface area contributed by atoms with Crippen molar-refractivity contribution in [1.29, 1.82) is 0 Å². The number of halogens is 1. The van der Waals surface area contributed by atoms with Crippen molar-refractivity contribution in [2.24, 2.45) is 0 Å². The Labute approximate surface area is 122 Å². The van der Waals surface area contributed by atoms with Crippen LogP contribution < -0.4 is 4.74 Å². The van der Waals surface area contributed by atoms with E-state index in [4.69, 9.17) is 4.74 Å². The van der Waals surface area contributed by atoms with Crippen molar-refractivity contribution < 1.29 is 13.9 Å². The standard InChI is InChI=1S/C18H15FO2/c19-14-6-7-17-15(9-14)16(20)10-18(21-17)13-3-1-2-12(8-13)11-4-5-11/h1-3,6-9,11,18H,4-5,10H2. The van der Waals surface area contributed by atoms with Crippen LogP contribution in [0.25, 0.3) is 0 Å². The predicted molar refractivity (Wildman–Crippen MR) is 77.1 cm³/mol. The third kappa shape index (κ3) is 2.33. The van der Waals surface area contributed by atoms with E-state index in [1.54, 1.807) is 6.07 Å². The first-order chi connectivity index (χ1) is 10.2. The minimum atomic E-state index is -0.403. The fourth-order valence-corrected chi connectivity index (χ4v) is 2.91. The summed E-state index contributed by atoms with van der Waals surface area (Å²) < 4.78 is 19.1. The molecule has 4 rings (SSSR count). The molecule has 1 heterocycles. The third-order valence-corrected chi connectivity index (χ3v) is 4.21. The van der Waals surface area contributed by atoms with Crippen LogP contribution in [0.15, 0.2) is 42.5 Å². The van der Waals surface area contributed by atoms with Crippen LogP contribution in [0.3, 0.4) is 0 Å². The first kappa shape index (κ1) is 12.6. The summed E-state index contributed by atoms with van der Waals surface area (Å²) in [6, 6.07) is 12.4. The van der Waals surface area contributed by atoms with Crippen LogP contribution in [0, 0.1) is 5.82 Å². The van der Waals surface area contributed by atoms with Crippen LogP contribution in [0.5, 0.6) is 5.75 Å². The van der Waals surface area contributed by atoms with Crippen molar-refractivity contribution in [3.05, 3.63) is 65.0 Å². The summed E-state index contributed by atoms with van der Waals surface area (Å²) in [6.07, 6.45) is 2.49. The lowest BCUT2D eigenvalue weighted by molar-refractivity contribution is 0.0849. The van der Waals surface area contributed by atoms with E-state index in [2.05, 4.69) is 12.1 Å². The van der Waals surface area contributed by atoms with Crippen molar-refractivity contribution in [3.8, 4) is 5.75 Å². The molecule has 2 aromatic carbocycles. The molecule has 1 aliphatic heterocycles. The zero-order valence-corrected chi connectivity index (χ0v) is 11.5. The minimum absolute atomic E-state index is 0.0578. The van der Waals surface area contributed by atoms with Crippen LogP contribution in [-0.2, 0) is 0 Å². The summed E-state index contributed by atoms with van der Waals surface area (Å²) in [4.78, 5) is 12.2. The van der Waals surface area contributed by atoms with Gasteiger partial charge in [-0.2, -0.15) is 0 Å². The van der Waals surface area contributed by atoms with E-state index in [-0.39, 0.29) is 18.3 Å². The molecule has 0 saturated heterocycles. The number of fused-ring (bicyclic) bond motifs is 1. The summed E-state index contributed by atoms with van der Waals surface area (Å²) in [5.41, 5.74) is 2.71. The molecule has 1 saturated carbocycles. The highest BCUT2D eigenvalue weighted by Gasteiger charge is 2.29. The van der Waals surface area contributed by atoms with Gasteiger partial charge in [0.05, 0.1) is 12.0 Å². The van der Waals surface area contributed by atoms with Crippen LogP contribution in [0.4, 0.5) is 4.39 Å². The van der Waals surface area contributed by atoms with E-state index in [0.29, 0.717) is 17.2 Å². The van der Waals surface area contributed by atoms with Crippen molar-refractivity contribution in [2.75, 3.05) is 0 Å². The number of hydrogen-bond donors (Lipinski definition) is 0. The van der Waals surface area contributed by atoms with Gasteiger partial charge in [-0.15, -0.1) is 0 Å². The van der Waals surface area contributed by atoms with E-state index in [1.165, 1.54) is 30.5 Å². The Bertz CT molecular complexity index is 719. The van der Waals surface area contributed by atoms with E-state index >= 15 is 0 Å². The van der Waals surface area contributed by atoms with E-state index in [9.17, 15) is 9.18 Å². The molecule has 0 radical (unpaired) electrons. The Hall–Kier alpha value is -2.16. The number of carbonyl (C=O) groups is 1. The molecule has 1 unspecified atom stereocenters. The molecular formula is C18H15FO2. The van der Waals surface area contributed by atoms with Gasteiger partial charge in [0.2, 0.25) is 0 Å². The Morgan fingerprint density at radius 1 is 1.05 bits per heavy atom. The first-order valence-electron chi connectivity index (χ1n) is 7.30. The Morgan fingerprint density at radius 2 is 1.86 bits per heavy atom.